The van der Waals surface area contributed by atoms with Crippen LogP contribution in [0.15, 0.2) is 42.9 Å². The van der Waals surface area contributed by atoms with Gasteiger partial charge < -0.3 is 14.8 Å². The van der Waals surface area contributed by atoms with Crippen LogP contribution in [0, 0.1) is 11.3 Å². The molecule has 2 aliphatic rings. The lowest BCUT2D eigenvalue weighted by atomic mass is 10.1. The van der Waals surface area contributed by atoms with Crippen LogP contribution in [0.2, 0.25) is 0 Å². The molecule has 1 amide bonds. The second-order valence-electron chi connectivity index (χ2n) is 7.46. The van der Waals surface area contributed by atoms with Gasteiger partial charge in [-0.25, -0.2) is 9.97 Å². The number of fused-ring (bicyclic) bond motifs is 3. The van der Waals surface area contributed by atoms with Crippen LogP contribution in [0.3, 0.4) is 0 Å². The Morgan fingerprint density at radius 3 is 2.48 bits per heavy atom. The highest BCUT2D eigenvalue weighted by Gasteiger charge is 2.45. The summed E-state index contributed by atoms with van der Waals surface area (Å²) in [6.07, 6.45) is 5.12. The summed E-state index contributed by atoms with van der Waals surface area (Å²) in [7, 11) is 0. The number of nitrogens with zero attached hydrogens (tertiary/aromatic N) is 5. The smallest absolute Gasteiger partial charge is 0.295 e. The first kappa shape index (κ1) is 17.4. The maximum absolute atomic E-state index is 13.0. The normalized spacial score (nSPS) is 20.7. The van der Waals surface area contributed by atoms with Crippen molar-refractivity contribution in [2.75, 3.05) is 18.0 Å². The summed E-state index contributed by atoms with van der Waals surface area (Å²) in [6, 6.07) is 10.1. The lowest BCUT2D eigenvalue weighted by Gasteiger charge is -2.41. The number of hydrogen-bond donors (Lipinski definition) is 1. The molecule has 1 N–H and O–H groups in total. The van der Waals surface area contributed by atoms with Gasteiger partial charge in [0.15, 0.2) is 0 Å². The third-order valence-corrected chi connectivity index (χ3v) is 5.82. The molecule has 3 aromatic rings. The lowest BCUT2D eigenvalue weighted by Crippen LogP contribution is -2.57. The number of aromatic nitrogens is 3. The highest BCUT2D eigenvalue weighted by atomic mass is 16.2. The van der Waals surface area contributed by atoms with Crippen molar-refractivity contribution in [1.82, 2.24) is 19.9 Å². The van der Waals surface area contributed by atoms with Crippen molar-refractivity contribution < 1.29 is 9.59 Å². The molecule has 2 atom stereocenters. The molecule has 29 heavy (non-hydrogen) atoms. The summed E-state index contributed by atoms with van der Waals surface area (Å²) in [5.74, 6) is -0.120. The van der Waals surface area contributed by atoms with Crippen LogP contribution in [-0.4, -0.2) is 56.7 Å². The topological polar surface area (TPSA) is 106 Å². The fourth-order valence-electron chi connectivity index (χ4n) is 4.46. The third-order valence-electron chi connectivity index (χ3n) is 5.82. The molecule has 0 spiro atoms. The number of anilines is 1. The molecule has 2 bridgehead atoms. The number of amides is 1. The fraction of sp³-hybridized carbons (Fsp3) is 0.286. The van der Waals surface area contributed by atoms with Gasteiger partial charge in [0, 0.05) is 24.8 Å². The Bertz CT molecular complexity index is 1130. The molecule has 2 fully saturated rings. The van der Waals surface area contributed by atoms with Crippen molar-refractivity contribution in [2.24, 2.45) is 0 Å². The number of nitrogens with one attached hydrogen (secondary N) is 1. The summed E-state index contributed by atoms with van der Waals surface area (Å²) >= 11 is 0. The number of aromatic amines is 1. The number of hydrogen-bond acceptors (Lipinski definition) is 6. The van der Waals surface area contributed by atoms with Crippen LogP contribution >= 0.6 is 0 Å². The first-order valence-electron chi connectivity index (χ1n) is 9.56. The lowest BCUT2D eigenvalue weighted by molar-refractivity contribution is -0.129. The molecule has 2 unspecified atom stereocenters. The Kier molecular flexibility index (Phi) is 4.02. The van der Waals surface area contributed by atoms with E-state index in [0.29, 0.717) is 24.2 Å². The molecule has 5 rings (SSSR count). The fourth-order valence-corrected chi connectivity index (χ4v) is 4.46. The molecule has 144 valence electrons. The van der Waals surface area contributed by atoms with E-state index in [9.17, 15) is 9.59 Å². The summed E-state index contributed by atoms with van der Waals surface area (Å²) in [5.41, 5.74) is 1.57. The standard InChI is InChI=1S/C21H18N6O2/c22-9-13-1-3-14(4-2-13)18(28)21(29)27-15-5-6-16(27)11-26(10-15)20-17-7-8-23-19(17)24-12-25-20/h1-4,7-8,12,15-16H,5-6,10-11H2,(H,23,24,25). The molecule has 2 aromatic heterocycles. The SMILES string of the molecule is N#Cc1ccc(C(=O)C(=O)N2C3CCC2CN(c2ncnc4[nH]ccc24)C3)cc1. The van der Waals surface area contributed by atoms with Gasteiger partial charge in [-0.2, -0.15) is 5.26 Å². The number of carbonyl (C=O) groups excluding carboxylic acids is 2. The molecule has 0 saturated carbocycles. The summed E-state index contributed by atoms with van der Waals surface area (Å²) in [4.78, 5) is 41.5. The number of Topliss-reactive ketones (excluding diaryl/α,β-unsaturated/α-hetero) is 1. The molecular formula is C21H18N6O2. The van der Waals surface area contributed by atoms with Crippen LogP contribution in [0.4, 0.5) is 5.82 Å². The van der Waals surface area contributed by atoms with E-state index in [2.05, 4.69) is 19.9 Å². The van der Waals surface area contributed by atoms with Crippen molar-refractivity contribution in [3.63, 3.8) is 0 Å². The molecule has 0 aliphatic carbocycles. The Labute approximate surface area is 166 Å². The van der Waals surface area contributed by atoms with Crippen molar-refractivity contribution in [1.29, 1.82) is 5.26 Å². The number of rotatable bonds is 3. The molecule has 8 nitrogen and oxygen atoms in total. The Morgan fingerprint density at radius 1 is 1.07 bits per heavy atom. The van der Waals surface area contributed by atoms with Crippen LogP contribution in [0.1, 0.15) is 28.8 Å². The van der Waals surface area contributed by atoms with Gasteiger partial charge in [0.05, 0.1) is 29.1 Å². The monoisotopic (exact) mass is 386 g/mol. The van der Waals surface area contributed by atoms with Gasteiger partial charge in [0.2, 0.25) is 5.78 Å². The van der Waals surface area contributed by atoms with Crippen molar-refractivity contribution in [3.8, 4) is 6.07 Å². The number of ketones is 1. The van der Waals surface area contributed by atoms with E-state index in [1.54, 1.807) is 35.5 Å². The number of carbonyl (C=O) groups is 2. The van der Waals surface area contributed by atoms with Crippen LogP contribution in [-0.2, 0) is 4.79 Å². The zero-order chi connectivity index (χ0) is 20.0. The summed E-state index contributed by atoms with van der Waals surface area (Å²) in [5, 5.41) is 9.86. The van der Waals surface area contributed by atoms with E-state index in [4.69, 9.17) is 5.26 Å². The maximum atomic E-state index is 13.0. The van der Waals surface area contributed by atoms with Gasteiger partial charge >= 0.3 is 0 Å². The quantitative estimate of drug-likeness (QED) is 0.544. The number of nitriles is 1. The first-order valence-corrected chi connectivity index (χ1v) is 9.56. The number of benzene rings is 1. The van der Waals surface area contributed by atoms with E-state index in [1.165, 1.54) is 0 Å². The molecular weight excluding hydrogens is 368 g/mol. The molecule has 8 heteroatoms. The van der Waals surface area contributed by atoms with E-state index in [0.717, 1.165) is 29.7 Å². The minimum atomic E-state index is -0.519. The van der Waals surface area contributed by atoms with Gasteiger partial charge in [0.1, 0.15) is 17.8 Å². The molecule has 2 aliphatic heterocycles. The average molecular weight is 386 g/mol. The number of H-pyrrole nitrogens is 1. The Balaban J connectivity index is 1.37. The molecule has 1 aromatic carbocycles. The van der Waals surface area contributed by atoms with Crippen molar-refractivity contribution >= 4 is 28.5 Å². The number of piperazine rings is 1. The first-order chi connectivity index (χ1) is 14.2. The van der Waals surface area contributed by atoms with Crippen LogP contribution < -0.4 is 4.90 Å². The van der Waals surface area contributed by atoms with Crippen molar-refractivity contribution in [3.05, 3.63) is 54.0 Å². The van der Waals surface area contributed by atoms with Gasteiger partial charge in [-0.05, 0) is 43.2 Å². The van der Waals surface area contributed by atoms with Crippen molar-refractivity contribution in [2.45, 2.75) is 24.9 Å². The highest BCUT2D eigenvalue weighted by molar-refractivity contribution is 6.42. The Hall–Kier alpha value is -3.73. The minimum Gasteiger partial charge on any atom is -0.352 e. The highest BCUT2D eigenvalue weighted by Crippen LogP contribution is 2.34. The van der Waals surface area contributed by atoms with E-state index < -0.39 is 11.7 Å². The molecule has 0 radical (unpaired) electrons. The third kappa shape index (κ3) is 2.83. The average Bonchev–Trinajstić information content (AvgIpc) is 3.34. The predicted octanol–water partition coefficient (Wildman–Crippen LogP) is 1.89. The minimum absolute atomic E-state index is 0.0208. The summed E-state index contributed by atoms with van der Waals surface area (Å²) < 4.78 is 0. The van der Waals surface area contributed by atoms with Gasteiger partial charge in [-0.3, -0.25) is 9.59 Å². The second-order valence-corrected chi connectivity index (χ2v) is 7.46. The van der Waals surface area contributed by atoms with Gasteiger partial charge in [-0.1, -0.05) is 0 Å². The summed E-state index contributed by atoms with van der Waals surface area (Å²) in [6.45, 7) is 1.28. The van der Waals surface area contributed by atoms with Gasteiger partial charge in [-0.15, -0.1) is 0 Å². The Morgan fingerprint density at radius 2 is 1.79 bits per heavy atom. The van der Waals surface area contributed by atoms with E-state index in [1.807, 2.05) is 18.3 Å². The zero-order valence-electron chi connectivity index (χ0n) is 15.6. The largest absolute Gasteiger partial charge is 0.352 e. The molecule has 4 heterocycles. The zero-order valence-corrected chi connectivity index (χ0v) is 15.6. The van der Waals surface area contributed by atoms with Crippen LogP contribution in [0.5, 0.6) is 0 Å². The predicted molar refractivity (Wildman–Crippen MR) is 105 cm³/mol. The molecule has 2 saturated heterocycles. The van der Waals surface area contributed by atoms with Gasteiger partial charge in [0.25, 0.3) is 5.91 Å². The van der Waals surface area contributed by atoms with E-state index in [-0.39, 0.29) is 12.1 Å². The second kappa shape index (κ2) is 6.71. The maximum Gasteiger partial charge on any atom is 0.295 e. The van der Waals surface area contributed by atoms with Crippen LogP contribution in [0.25, 0.3) is 11.0 Å². The van der Waals surface area contributed by atoms with E-state index >= 15 is 0 Å².